The maximum atomic E-state index is 12.1. The number of carbonyl (C=O) groups excluding carboxylic acids is 4. The summed E-state index contributed by atoms with van der Waals surface area (Å²) in [4.78, 5) is 46.3. The molecule has 0 saturated carbocycles. The largest absolute Gasteiger partial charge is 0.456 e. The molecule has 0 atom stereocenters. The number of esters is 1. The molecule has 7 heteroatoms. The van der Waals surface area contributed by atoms with E-state index in [9.17, 15) is 19.2 Å². The van der Waals surface area contributed by atoms with E-state index in [4.69, 9.17) is 4.74 Å². The summed E-state index contributed by atoms with van der Waals surface area (Å²) in [5, 5.41) is 4.40. The van der Waals surface area contributed by atoms with Gasteiger partial charge in [0, 0.05) is 18.5 Å². The van der Waals surface area contributed by atoms with Crippen LogP contribution in [0.15, 0.2) is 24.3 Å². The molecule has 0 heterocycles. The summed E-state index contributed by atoms with van der Waals surface area (Å²) in [6.07, 6.45) is 4.36. The fourth-order valence-corrected chi connectivity index (χ4v) is 2.38. The predicted molar refractivity (Wildman–Crippen MR) is 101 cm³/mol. The van der Waals surface area contributed by atoms with Gasteiger partial charge < -0.3 is 10.1 Å². The van der Waals surface area contributed by atoms with Crippen LogP contribution in [0.4, 0.5) is 4.79 Å². The molecule has 0 unspecified atom stereocenters. The van der Waals surface area contributed by atoms with Gasteiger partial charge in [-0.15, -0.1) is 0 Å². The van der Waals surface area contributed by atoms with Crippen molar-refractivity contribution in [1.82, 2.24) is 10.6 Å². The maximum absolute atomic E-state index is 12.1. The van der Waals surface area contributed by atoms with Crippen LogP contribution in [0.25, 0.3) is 0 Å². The molecule has 2 N–H and O–H groups in total. The molecule has 0 aliphatic carbocycles. The number of hydrogen-bond donors (Lipinski definition) is 2. The number of amides is 3. The van der Waals surface area contributed by atoms with Crippen LogP contribution in [0, 0.1) is 0 Å². The third-order valence-electron chi connectivity index (χ3n) is 3.86. The first kappa shape index (κ1) is 22.3. The number of benzene rings is 1. The number of nitrogens with one attached hydrogen (secondary N) is 2. The van der Waals surface area contributed by atoms with Gasteiger partial charge in [-0.3, -0.25) is 19.7 Å². The molecule has 0 radical (unpaired) electrons. The standard InChI is InChI=1S/C20H28N2O5/c1-3-5-6-7-15-8-10-16(11-9-15)17(23)12-13-19(25)27-14-18(24)22-20(26)21-4-2/h8-11H,3-7,12-14H2,1-2H3,(H2,21,22,24,26). The number of imide groups is 1. The topological polar surface area (TPSA) is 102 Å². The first-order valence-electron chi connectivity index (χ1n) is 9.31. The minimum absolute atomic E-state index is 0.00591. The van der Waals surface area contributed by atoms with Crippen molar-refractivity contribution in [2.24, 2.45) is 0 Å². The van der Waals surface area contributed by atoms with E-state index in [0.29, 0.717) is 12.1 Å². The Morgan fingerprint density at radius 1 is 0.963 bits per heavy atom. The highest BCUT2D eigenvalue weighted by Gasteiger charge is 2.13. The molecule has 0 saturated heterocycles. The van der Waals surface area contributed by atoms with Crippen molar-refractivity contribution in [2.75, 3.05) is 13.2 Å². The molecule has 1 aromatic carbocycles. The average Bonchev–Trinajstić information content (AvgIpc) is 2.65. The molecule has 7 nitrogen and oxygen atoms in total. The van der Waals surface area contributed by atoms with E-state index in [-0.39, 0.29) is 18.6 Å². The van der Waals surface area contributed by atoms with Crippen molar-refractivity contribution in [2.45, 2.75) is 52.4 Å². The summed E-state index contributed by atoms with van der Waals surface area (Å²) in [5.74, 6) is -1.54. The van der Waals surface area contributed by atoms with Crippen molar-refractivity contribution in [3.05, 3.63) is 35.4 Å². The predicted octanol–water partition coefficient (Wildman–Crippen LogP) is 2.77. The Labute approximate surface area is 159 Å². The molecule has 3 amide bonds. The van der Waals surface area contributed by atoms with Crippen LogP contribution in [0.1, 0.15) is 61.9 Å². The Morgan fingerprint density at radius 3 is 2.30 bits per heavy atom. The minimum Gasteiger partial charge on any atom is -0.456 e. The average molecular weight is 376 g/mol. The molecule has 1 aromatic rings. The normalized spacial score (nSPS) is 10.1. The van der Waals surface area contributed by atoms with Gasteiger partial charge in [0.2, 0.25) is 0 Å². The summed E-state index contributed by atoms with van der Waals surface area (Å²) in [6, 6.07) is 6.77. The maximum Gasteiger partial charge on any atom is 0.321 e. The van der Waals surface area contributed by atoms with Gasteiger partial charge in [0.15, 0.2) is 12.4 Å². The monoisotopic (exact) mass is 376 g/mol. The summed E-state index contributed by atoms with van der Waals surface area (Å²) in [7, 11) is 0. The number of hydrogen-bond acceptors (Lipinski definition) is 5. The summed E-state index contributed by atoms with van der Waals surface area (Å²) >= 11 is 0. The Balaban J connectivity index is 2.31. The molecule has 0 fully saturated rings. The molecule has 0 aliphatic rings. The second-order valence-electron chi connectivity index (χ2n) is 6.15. The fraction of sp³-hybridized carbons (Fsp3) is 0.500. The lowest BCUT2D eigenvalue weighted by atomic mass is 10.0. The van der Waals surface area contributed by atoms with E-state index in [1.807, 2.05) is 17.4 Å². The van der Waals surface area contributed by atoms with Crippen molar-refractivity contribution < 1.29 is 23.9 Å². The fourth-order valence-electron chi connectivity index (χ4n) is 2.38. The van der Waals surface area contributed by atoms with E-state index < -0.39 is 24.5 Å². The number of ether oxygens (including phenoxy) is 1. The Morgan fingerprint density at radius 2 is 1.67 bits per heavy atom. The molecule has 1 rings (SSSR count). The lowest BCUT2D eigenvalue weighted by Crippen LogP contribution is -2.41. The lowest BCUT2D eigenvalue weighted by molar-refractivity contribution is -0.148. The number of carbonyl (C=O) groups is 4. The smallest absolute Gasteiger partial charge is 0.321 e. The van der Waals surface area contributed by atoms with Crippen molar-refractivity contribution in [3.8, 4) is 0 Å². The van der Waals surface area contributed by atoms with Gasteiger partial charge in [-0.05, 0) is 25.3 Å². The van der Waals surface area contributed by atoms with Crippen molar-refractivity contribution in [1.29, 1.82) is 0 Å². The van der Waals surface area contributed by atoms with Gasteiger partial charge in [-0.1, -0.05) is 44.0 Å². The quantitative estimate of drug-likeness (QED) is 0.351. The van der Waals surface area contributed by atoms with E-state index in [0.717, 1.165) is 12.8 Å². The number of ketones is 1. The van der Waals surface area contributed by atoms with Gasteiger partial charge in [0.05, 0.1) is 6.42 Å². The van der Waals surface area contributed by atoms with Crippen molar-refractivity contribution in [3.63, 3.8) is 0 Å². The third-order valence-corrected chi connectivity index (χ3v) is 3.86. The first-order chi connectivity index (χ1) is 13.0. The number of unbranched alkanes of at least 4 members (excludes halogenated alkanes) is 2. The SMILES string of the molecule is CCCCCc1ccc(C(=O)CCC(=O)OCC(=O)NC(=O)NCC)cc1. The first-order valence-corrected chi connectivity index (χ1v) is 9.31. The van der Waals surface area contributed by atoms with E-state index in [1.165, 1.54) is 18.4 Å². The van der Waals surface area contributed by atoms with Crippen LogP contribution < -0.4 is 10.6 Å². The lowest BCUT2D eigenvalue weighted by Gasteiger charge is -2.06. The number of urea groups is 1. The zero-order valence-corrected chi connectivity index (χ0v) is 16.0. The van der Waals surface area contributed by atoms with Crippen LogP contribution in [0.5, 0.6) is 0 Å². The Hall–Kier alpha value is -2.70. The van der Waals surface area contributed by atoms with E-state index >= 15 is 0 Å². The van der Waals surface area contributed by atoms with Crippen LogP contribution >= 0.6 is 0 Å². The highest BCUT2D eigenvalue weighted by atomic mass is 16.5. The van der Waals surface area contributed by atoms with E-state index in [2.05, 4.69) is 12.2 Å². The van der Waals surface area contributed by atoms with Crippen LogP contribution in [-0.2, 0) is 20.7 Å². The molecule has 27 heavy (non-hydrogen) atoms. The van der Waals surface area contributed by atoms with Crippen LogP contribution in [-0.4, -0.2) is 36.8 Å². The van der Waals surface area contributed by atoms with Gasteiger partial charge in [0.25, 0.3) is 5.91 Å². The van der Waals surface area contributed by atoms with Crippen molar-refractivity contribution >= 4 is 23.7 Å². The molecular formula is C20H28N2O5. The zero-order valence-electron chi connectivity index (χ0n) is 16.0. The Kier molecular flexibility index (Phi) is 10.4. The molecule has 0 bridgehead atoms. The second kappa shape index (κ2) is 12.6. The highest BCUT2D eigenvalue weighted by Crippen LogP contribution is 2.11. The van der Waals surface area contributed by atoms with Crippen LogP contribution in [0.3, 0.4) is 0 Å². The van der Waals surface area contributed by atoms with Gasteiger partial charge in [-0.2, -0.15) is 0 Å². The highest BCUT2D eigenvalue weighted by molar-refractivity contribution is 5.98. The molecule has 148 valence electrons. The minimum atomic E-state index is -0.723. The van der Waals surface area contributed by atoms with Gasteiger partial charge in [-0.25, -0.2) is 4.79 Å². The molecule has 0 aliphatic heterocycles. The van der Waals surface area contributed by atoms with Gasteiger partial charge >= 0.3 is 12.0 Å². The molecule has 0 aromatic heterocycles. The number of Topliss-reactive ketones (excluding diaryl/α,β-unsaturated/α-hetero) is 1. The molecule has 0 spiro atoms. The summed E-state index contributed by atoms with van der Waals surface area (Å²) < 4.78 is 4.76. The summed E-state index contributed by atoms with van der Waals surface area (Å²) in [6.45, 7) is 3.68. The zero-order chi connectivity index (χ0) is 20.1. The van der Waals surface area contributed by atoms with E-state index in [1.54, 1.807) is 19.1 Å². The number of aryl methyl sites for hydroxylation is 1. The third kappa shape index (κ3) is 9.53. The summed E-state index contributed by atoms with van der Waals surface area (Å²) in [5.41, 5.74) is 1.74. The van der Waals surface area contributed by atoms with Gasteiger partial charge in [0.1, 0.15) is 0 Å². The van der Waals surface area contributed by atoms with Crippen LogP contribution in [0.2, 0.25) is 0 Å². The Bertz CT molecular complexity index is 640. The molecular weight excluding hydrogens is 348 g/mol. The second-order valence-corrected chi connectivity index (χ2v) is 6.15. The number of rotatable bonds is 11.